The lowest BCUT2D eigenvalue weighted by Gasteiger charge is -2.56. The van der Waals surface area contributed by atoms with Crippen LogP contribution in [0.5, 0.6) is 0 Å². The number of allylic oxidation sites excluding steroid dienone is 1. The molecule has 14 unspecified atom stereocenters. The smallest absolute Gasteiger partial charge is 0.0701 e. The normalized spacial score (nSPS) is 37.1. The molecule has 0 saturated carbocycles. The van der Waals surface area contributed by atoms with Gasteiger partial charge in [0.2, 0.25) is 0 Å². The van der Waals surface area contributed by atoms with Crippen molar-refractivity contribution in [3.8, 4) is 33.4 Å². The zero-order valence-corrected chi connectivity index (χ0v) is 45.8. The second-order valence-electron chi connectivity index (χ2n) is 32.0. The van der Waals surface area contributed by atoms with E-state index in [0.717, 1.165) is 52.5 Å². The van der Waals surface area contributed by atoms with Gasteiger partial charge in [0.05, 0.1) is 58.3 Å². The van der Waals surface area contributed by atoms with Crippen molar-refractivity contribution in [1.29, 1.82) is 0 Å². The summed E-state index contributed by atoms with van der Waals surface area (Å²) in [5.74, 6) is 5.24. The first-order chi connectivity index (χ1) is 41.8. The zero-order valence-electron chi connectivity index (χ0n) is 45.8. The molecule has 0 bridgehead atoms. The molecule has 4 N–H and O–H groups in total. The summed E-state index contributed by atoms with van der Waals surface area (Å²) in [5, 5.41) is 35.4. The van der Waals surface area contributed by atoms with Crippen molar-refractivity contribution in [3.63, 3.8) is 0 Å². The second-order valence-corrected chi connectivity index (χ2v) is 32.0. The van der Waals surface area contributed by atoms with E-state index >= 15 is 0 Å². The molecule has 0 aromatic heterocycles. The Bertz CT molecular complexity index is 6160. The van der Waals surface area contributed by atoms with Gasteiger partial charge < -0.3 is 30.4 Å². The number of nitrogens with two attached hydrogens (primary N) is 2. The first-order valence-corrected chi connectivity index (χ1v) is 33.1. The fourth-order valence-corrected chi connectivity index (χ4v) is 32.1. The number of likely N-dealkylation sites (tertiary alicyclic amines) is 2. The molecule has 0 amide bonds. The van der Waals surface area contributed by atoms with Gasteiger partial charge in [-0.1, -0.05) is 0 Å². The first-order valence-electron chi connectivity index (χ1n) is 33.1. The molecule has 84 heavy (non-hydrogen) atoms. The van der Waals surface area contributed by atoms with Crippen molar-refractivity contribution in [2.75, 3.05) is 105 Å². The molecule has 8 heteroatoms. The number of nitrogens with zero attached hydrogens (tertiary/aromatic N) is 2. The third kappa shape index (κ3) is 2.42. The van der Waals surface area contributed by atoms with Gasteiger partial charge in [-0.2, -0.15) is 0 Å². The molecule has 4 spiro atoms. The molecular formula is C76H46N4O4. The van der Waals surface area contributed by atoms with Crippen LogP contribution in [0.2, 0.25) is 0 Å². The third-order valence-electron chi connectivity index (χ3n) is 31.7. The van der Waals surface area contributed by atoms with Gasteiger partial charge in [-0.3, -0.25) is 9.80 Å². The van der Waals surface area contributed by atoms with Crippen LogP contribution in [0.4, 0.5) is 0 Å². The summed E-state index contributed by atoms with van der Waals surface area (Å²) in [5.41, 5.74) is 60.5. The Morgan fingerprint density at radius 1 is 0.321 bits per heavy atom. The van der Waals surface area contributed by atoms with Crippen LogP contribution in [0.15, 0.2) is 5.57 Å². The highest BCUT2D eigenvalue weighted by atomic mass is 16.5. The van der Waals surface area contributed by atoms with Crippen LogP contribution < -0.4 is 11.5 Å². The van der Waals surface area contributed by atoms with Crippen molar-refractivity contribution in [1.82, 2.24) is 9.80 Å². The van der Waals surface area contributed by atoms with Gasteiger partial charge in [-0.15, -0.1) is 0 Å². The van der Waals surface area contributed by atoms with Gasteiger partial charge in [-0.05, 0) is 276 Å². The van der Waals surface area contributed by atoms with Crippen molar-refractivity contribution < 1.29 is 18.9 Å². The summed E-state index contributed by atoms with van der Waals surface area (Å²) in [7, 11) is 0. The van der Waals surface area contributed by atoms with Crippen molar-refractivity contribution in [2.45, 2.75) is 74.9 Å². The Kier molecular flexibility index (Phi) is 4.43. The van der Waals surface area contributed by atoms with Gasteiger partial charge in [0.15, 0.2) is 0 Å². The van der Waals surface area contributed by atoms with Gasteiger partial charge in [-0.25, -0.2) is 0 Å². The highest BCUT2D eigenvalue weighted by molar-refractivity contribution is 6.65. The van der Waals surface area contributed by atoms with E-state index in [1.807, 2.05) is 161 Å². The highest BCUT2D eigenvalue weighted by Gasteiger charge is 2.86. The Morgan fingerprint density at radius 2 is 0.881 bits per heavy atom. The van der Waals surface area contributed by atoms with Crippen LogP contribution in [0.1, 0.15) is 153 Å². The summed E-state index contributed by atoms with van der Waals surface area (Å²) >= 11 is 0. The van der Waals surface area contributed by atoms with E-state index in [1.165, 1.54) is 0 Å². The number of hydrogen-bond acceptors (Lipinski definition) is 8. The largest absolute Gasteiger partial charge is 0.378 e. The predicted molar refractivity (Wildman–Crippen MR) is 322 cm³/mol. The van der Waals surface area contributed by atoms with Crippen molar-refractivity contribution in [2.24, 2.45) is 17.4 Å². The van der Waals surface area contributed by atoms with Crippen LogP contribution in [0.25, 0.3) is 147 Å². The monoisotopic (exact) mass is 1080 g/mol. The molecule has 2 fully saturated rings. The van der Waals surface area contributed by atoms with Crippen LogP contribution in [-0.4, -0.2) is 115 Å². The number of benzene rings is 10. The Balaban J connectivity index is 0.852. The minimum Gasteiger partial charge on any atom is -0.378 e. The second kappa shape index (κ2) is 9.81. The zero-order chi connectivity index (χ0) is 51.6. The van der Waals surface area contributed by atoms with Crippen LogP contribution in [0, 0.1) is 5.92 Å². The van der Waals surface area contributed by atoms with Crippen LogP contribution in [0.3, 0.4) is 0 Å². The molecule has 2 aliphatic heterocycles. The molecule has 13 aromatic rings. The van der Waals surface area contributed by atoms with Crippen LogP contribution in [-0.2, 0) is 40.6 Å². The molecule has 8 nitrogen and oxygen atoms in total. The standard InChI is InChI=1S/C76H46N4O4/c77-1-5-81-9-11-83-7-3-79-13-73-65-51-41-30-21-17-18-20-25-19(17)26-23-28(21)36(41)47-39-32(23)43-34(26)45-38(25)46-35-27(20)24-29-22(18)31(30)42-37(29)48-40-33(24)44(35)56-60-50(40)62(58(48)66(73)52(42)51)72-64-63-69-59(49(39)61(57(47)65)71(63)76(72,73)16-79)55(43)67-53(45)54(46)68(56)75(70(60)64)15-80(14-74(67,69)75)4-8-84-12-10-82-6-2-78/h17,19,21,26,34,43,45,55,57,65H,1-16,77-78H2. The molecule has 2 heterocycles. The minimum atomic E-state index is -0.171. The fraction of sp³-hybridized carbons (Fsp3) is 0.395. The Labute approximate surface area is 476 Å². The van der Waals surface area contributed by atoms with E-state index in [9.17, 15) is 0 Å². The van der Waals surface area contributed by atoms with E-state index in [1.54, 1.807) is 91.6 Å². The van der Waals surface area contributed by atoms with Crippen LogP contribution >= 0.6 is 0 Å². The quantitative estimate of drug-likeness (QED) is 0.0730. The summed E-state index contributed by atoms with van der Waals surface area (Å²) in [6.45, 7) is 12.6. The van der Waals surface area contributed by atoms with E-state index in [4.69, 9.17) is 30.4 Å². The molecule has 14 atom stereocenters. The molecule has 2 saturated heterocycles. The molecular weight excluding hydrogens is 1030 g/mol. The van der Waals surface area contributed by atoms with Gasteiger partial charge in [0, 0.05) is 104 Å². The lowest BCUT2D eigenvalue weighted by atomic mass is 9.44. The topological polar surface area (TPSA) is 95.4 Å². The number of rotatable bonds is 16. The van der Waals surface area contributed by atoms with E-state index in [-0.39, 0.29) is 21.7 Å². The lowest BCUT2D eigenvalue weighted by Crippen LogP contribution is -2.56. The maximum absolute atomic E-state index is 6.68. The molecule has 0 radical (unpaired) electrons. The fourth-order valence-electron chi connectivity index (χ4n) is 32.1. The SMILES string of the molecule is NCCOCCOCCN1CC23C4=C5c6c7c8c9c(c%10c%11c%12c%13c%14c%15c%16c%17c%18c%19c%20c%21c%22c%23c(c6c6c%22c%22c%20c(c%15%19)c%13c(c%129)c%22c86)C5C5C6c8c9c(c-%17c%12c8C5C%23C%21C%12%18)C5c8c-9c(c2c-%10c8C%112CN(CCOCCOCCN)CC%142C%165)C46)C73C1. The summed E-state index contributed by atoms with van der Waals surface area (Å²) in [6, 6.07) is 0. The minimum absolute atomic E-state index is 0.0852. The van der Waals surface area contributed by atoms with Crippen molar-refractivity contribution in [3.05, 3.63) is 106 Å². The Hall–Kier alpha value is -6.30. The number of ether oxygens (including phenoxy) is 4. The molecule has 13 aromatic carbocycles. The van der Waals surface area contributed by atoms with E-state index in [2.05, 4.69) is 9.80 Å². The average molecular weight is 1080 g/mol. The maximum atomic E-state index is 6.68. The first kappa shape index (κ1) is 38.0. The third-order valence-corrected chi connectivity index (χ3v) is 31.7. The van der Waals surface area contributed by atoms with Crippen molar-refractivity contribution >= 4 is 113 Å². The molecule has 34 rings (SSSR count). The lowest BCUT2D eigenvalue weighted by molar-refractivity contribution is 0.0426. The summed E-state index contributed by atoms with van der Waals surface area (Å²) in [6.07, 6.45) is 0. The molecule has 21 aliphatic rings. The predicted octanol–water partition coefficient (Wildman–Crippen LogP) is 10.9. The van der Waals surface area contributed by atoms with Gasteiger partial charge in [0.1, 0.15) is 0 Å². The highest BCUT2D eigenvalue weighted by Crippen LogP contribution is 2.97. The number of hydrogen-bond donors (Lipinski definition) is 2. The molecule has 394 valence electrons. The summed E-state index contributed by atoms with van der Waals surface area (Å²) < 4.78 is 25.2. The van der Waals surface area contributed by atoms with E-state index in [0.29, 0.717) is 112 Å². The Morgan fingerprint density at radius 3 is 1.67 bits per heavy atom. The average Bonchev–Trinajstić information content (AvgIpc) is 1.38. The van der Waals surface area contributed by atoms with E-state index < -0.39 is 0 Å². The van der Waals surface area contributed by atoms with Gasteiger partial charge >= 0.3 is 0 Å². The summed E-state index contributed by atoms with van der Waals surface area (Å²) in [4.78, 5) is 6.08. The molecule has 19 aliphatic carbocycles. The van der Waals surface area contributed by atoms with Gasteiger partial charge in [0.25, 0.3) is 0 Å². The maximum Gasteiger partial charge on any atom is 0.0701 e.